The number of imidazole rings is 1. The van der Waals surface area contributed by atoms with E-state index in [1.165, 1.54) is 0 Å². The summed E-state index contributed by atoms with van der Waals surface area (Å²) in [4.78, 5) is 16.8. The molecule has 0 unspecified atom stereocenters. The quantitative estimate of drug-likeness (QED) is 0.596. The highest BCUT2D eigenvalue weighted by atomic mass is 35.5. The van der Waals surface area contributed by atoms with Crippen molar-refractivity contribution in [3.63, 3.8) is 0 Å². The monoisotopic (exact) mass is 361 g/mol. The molecule has 0 aliphatic carbocycles. The summed E-state index contributed by atoms with van der Waals surface area (Å²) in [5, 5.41) is 3.91. The van der Waals surface area contributed by atoms with Crippen LogP contribution in [0.3, 0.4) is 0 Å². The van der Waals surface area contributed by atoms with Crippen molar-refractivity contribution < 1.29 is 9.47 Å². The molecule has 0 aliphatic heterocycles. The van der Waals surface area contributed by atoms with E-state index in [2.05, 4.69) is 15.3 Å². The minimum atomic E-state index is -0.219. The first-order valence-electron chi connectivity index (χ1n) is 8.14. The molecule has 0 spiro atoms. The van der Waals surface area contributed by atoms with Crippen LogP contribution in [0, 0.1) is 0 Å². The Labute approximate surface area is 150 Å². The van der Waals surface area contributed by atoms with Crippen molar-refractivity contribution in [3.8, 4) is 11.5 Å². The number of ether oxygens (including phenoxy) is 2. The maximum Gasteiger partial charge on any atom is 0.323 e. The number of anilines is 1. The van der Waals surface area contributed by atoms with E-state index >= 15 is 0 Å². The van der Waals surface area contributed by atoms with Crippen LogP contribution in [0.15, 0.2) is 35.1 Å². The summed E-state index contributed by atoms with van der Waals surface area (Å²) < 4.78 is 11.2. The van der Waals surface area contributed by atoms with Gasteiger partial charge < -0.3 is 24.8 Å². The fraction of sp³-hybridized carbons (Fsp3) is 0.278. The van der Waals surface area contributed by atoms with E-state index in [0.717, 1.165) is 22.3 Å². The molecule has 132 valence electrons. The highest BCUT2D eigenvalue weighted by Crippen LogP contribution is 2.34. The van der Waals surface area contributed by atoms with Crippen LogP contribution >= 0.6 is 11.6 Å². The number of rotatable bonds is 7. The highest BCUT2D eigenvalue weighted by molar-refractivity contribution is 6.31. The highest BCUT2D eigenvalue weighted by Gasteiger charge is 2.11. The molecule has 1 aromatic heterocycles. The lowest BCUT2D eigenvalue weighted by atomic mass is 10.2. The Bertz CT molecular complexity index is 933. The van der Waals surface area contributed by atoms with Gasteiger partial charge in [0.05, 0.1) is 24.2 Å². The predicted molar refractivity (Wildman–Crippen MR) is 100 cm³/mol. The average Bonchev–Trinajstić information content (AvgIpc) is 2.95. The Morgan fingerprint density at radius 1 is 1.00 bits per heavy atom. The molecule has 0 fully saturated rings. The van der Waals surface area contributed by atoms with Crippen LogP contribution in [-0.2, 0) is 6.54 Å². The van der Waals surface area contributed by atoms with Gasteiger partial charge in [-0.2, -0.15) is 0 Å². The van der Waals surface area contributed by atoms with Gasteiger partial charge in [-0.15, -0.1) is 0 Å². The minimum absolute atomic E-state index is 0.219. The van der Waals surface area contributed by atoms with Gasteiger partial charge in [0, 0.05) is 23.3 Å². The molecule has 3 N–H and O–H groups in total. The second-order valence-corrected chi connectivity index (χ2v) is 5.86. The van der Waals surface area contributed by atoms with Crippen molar-refractivity contribution in [3.05, 3.63) is 51.4 Å². The van der Waals surface area contributed by atoms with Crippen molar-refractivity contribution in [2.75, 3.05) is 18.5 Å². The zero-order chi connectivity index (χ0) is 17.8. The van der Waals surface area contributed by atoms with Crippen LogP contribution in [0.5, 0.6) is 11.5 Å². The molecule has 0 bridgehead atoms. The number of nitrogens with one attached hydrogen (secondary N) is 3. The van der Waals surface area contributed by atoms with Gasteiger partial charge in [0.25, 0.3) is 0 Å². The lowest BCUT2D eigenvalue weighted by molar-refractivity contribution is 0.287. The Morgan fingerprint density at radius 3 is 2.40 bits per heavy atom. The van der Waals surface area contributed by atoms with Gasteiger partial charge in [0.1, 0.15) is 0 Å². The third kappa shape index (κ3) is 3.91. The summed E-state index contributed by atoms with van der Waals surface area (Å²) in [6.07, 6.45) is 0. The maximum atomic E-state index is 11.3. The zero-order valence-electron chi connectivity index (χ0n) is 14.1. The molecule has 0 aliphatic rings. The number of hydrogen-bond acceptors (Lipinski definition) is 4. The number of H-pyrrole nitrogens is 2. The molecule has 0 atom stereocenters. The SMILES string of the molecule is CCOc1cc(Cl)c(CNc2ccc3[nH]c(=O)[nH]c3c2)cc1OCC. The van der Waals surface area contributed by atoms with Gasteiger partial charge >= 0.3 is 5.69 Å². The van der Waals surface area contributed by atoms with Gasteiger partial charge in [-0.1, -0.05) is 11.6 Å². The average molecular weight is 362 g/mol. The van der Waals surface area contributed by atoms with Crippen molar-refractivity contribution in [1.29, 1.82) is 0 Å². The third-order valence-corrected chi connectivity index (χ3v) is 4.06. The van der Waals surface area contributed by atoms with Crippen molar-refractivity contribution in [2.24, 2.45) is 0 Å². The predicted octanol–water partition coefficient (Wildman–Crippen LogP) is 3.92. The van der Waals surface area contributed by atoms with Gasteiger partial charge in [0.15, 0.2) is 11.5 Å². The van der Waals surface area contributed by atoms with Crippen LogP contribution in [0.4, 0.5) is 5.69 Å². The standard InChI is InChI=1S/C18H20ClN3O3/c1-3-24-16-7-11(13(19)9-17(16)25-4-2)10-20-12-5-6-14-15(8-12)22-18(23)21-14/h5-9,20H,3-4,10H2,1-2H3,(H2,21,22,23). The molecular formula is C18H20ClN3O3. The molecule has 3 rings (SSSR count). The zero-order valence-corrected chi connectivity index (χ0v) is 14.9. The third-order valence-electron chi connectivity index (χ3n) is 3.71. The topological polar surface area (TPSA) is 79.1 Å². The van der Waals surface area contributed by atoms with Gasteiger partial charge in [-0.05, 0) is 43.7 Å². The lowest BCUT2D eigenvalue weighted by Crippen LogP contribution is -2.03. The number of benzene rings is 2. The van der Waals surface area contributed by atoms with E-state index < -0.39 is 0 Å². The largest absolute Gasteiger partial charge is 0.490 e. The molecule has 0 amide bonds. The summed E-state index contributed by atoms with van der Waals surface area (Å²) in [6, 6.07) is 9.29. The molecule has 6 nitrogen and oxygen atoms in total. The van der Waals surface area contributed by atoms with E-state index in [-0.39, 0.29) is 5.69 Å². The van der Waals surface area contributed by atoms with E-state index in [1.54, 1.807) is 6.07 Å². The number of aromatic amines is 2. The Balaban J connectivity index is 1.80. The number of hydrogen-bond donors (Lipinski definition) is 3. The van der Waals surface area contributed by atoms with Crippen molar-refractivity contribution in [2.45, 2.75) is 20.4 Å². The minimum Gasteiger partial charge on any atom is -0.490 e. The van der Waals surface area contributed by atoms with E-state index in [9.17, 15) is 4.79 Å². The normalized spacial score (nSPS) is 10.8. The fourth-order valence-electron chi connectivity index (χ4n) is 2.59. The van der Waals surface area contributed by atoms with E-state index in [0.29, 0.717) is 36.3 Å². The summed E-state index contributed by atoms with van der Waals surface area (Å²) in [6.45, 7) is 5.45. The molecule has 2 aromatic carbocycles. The molecule has 3 aromatic rings. The number of fused-ring (bicyclic) bond motifs is 1. The first kappa shape index (κ1) is 17.2. The summed E-state index contributed by atoms with van der Waals surface area (Å²) in [5.41, 5.74) is 3.08. The second-order valence-electron chi connectivity index (χ2n) is 5.45. The summed E-state index contributed by atoms with van der Waals surface area (Å²) >= 11 is 6.37. The number of halogens is 1. The van der Waals surface area contributed by atoms with E-state index in [1.807, 2.05) is 38.1 Å². The molecule has 0 saturated carbocycles. The molecular weight excluding hydrogens is 342 g/mol. The van der Waals surface area contributed by atoms with Gasteiger partial charge in [-0.25, -0.2) is 4.79 Å². The first-order chi connectivity index (χ1) is 12.1. The van der Waals surface area contributed by atoms with E-state index in [4.69, 9.17) is 21.1 Å². The van der Waals surface area contributed by atoms with Gasteiger partial charge in [0.2, 0.25) is 0 Å². The maximum absolute atomic E-state index is 11.3. The van der Waals surface area contributed by atoms with Crippen LogP contribution in [0.2, 0.25) is 5.02 Å². The second kappa shape index (κ2) is 7.53. The van der Waals surface area contributed by atoms with Gasteiger partial charge in [-0.3, -0.25) is 0 Å². The number of aromatic nitrogens is 2. The first-order valence-corrected chi connectivity index (χ1v) is 8.52. The summed E-state index contributed by atoms with van der Waals surface area (Å²) in [7, 11) is 0. The smallest absolute Gasteiger partial charge is 0.323 e. The molecule has 0 radical (unpaired) electrons. The summed E-state index contributed by atoms with van der Waals surface area (Å²) in [5.74, 6) is 1.32. The molecule has 7 heteroatoms. The van der Waals surface area contributed by atoms with Crippen LogP contribution < -0.4 is 20.5 Å². The van der Waals surface area contributed by atoms with Crippen molar-refractivity contribution in [1.82, 2.24) is 9.97 Å². The molecule has 1 heterocycles. The Kier molecular flexibility index (Phi) is 5.19. The van der Waals surface area contributed by atoms with Crippen LogP contribution in [0.1, 0.15) is 19.4 Å². The Hall–Kier alpha value is -2.60. The molecule has 0 saturated heterocycles. The lowest BCUT2D eigenvalue weighted by Gasteiger charge is -2.15. The van der Waals surface area contributed by atoms with Crippen LogP contribution in [0.25, 0.3) is 11.0 Å². The Morgan fingerprint density at radius 2 is 1.68 bits per heavy atom. The van der Waals surface area contributed by atoms with Crippen molar-refractivity contribution >= 4 is 28.3 Å². The molecule has 25 heavy (non-hydrogen) atoms. The van der Waals surface area contributed by atoms with Crippen LogP contribution in [-0.4, -0.2) is 23.2 Å². The fourth-order valence-corrected chi connectivity index (χ4v) is 2.81.